The number of ether oxygens (including phenoxy) is 1. The molecule has 3 heteroatoms. The van der Waals surface area contributed by atoms with Crippen LogP contribution in [0.5, 0.6) is 5.75 Å². The molecule has 20 heavy (non-hydrogen) atoms. The summed E-state index contributed by atoms with van der Waals surface area (Å²) in [5, 5.41) is 7.24. The van der Waals surface area contributed by atoms with Crippen molar-refractivity contribution >= 4 is 5.69 Å². The van der Waals surface area contributed by atoms with Gasteiger partial charge in [-0.05, 0) is 49.0 Å². The van der Waals surface area contributed by atoms with E-state index in [0.29, 0.717) is 0 Å². The number of hydrogen-bond acceptors (Lipinski definition) is 3. The van der Waals surface area contributed by atoms with Crippen molar-refractivity contribution in [3.05, 3.63) is 23.8 Å². The smallest absolute Gasteiger partial charge is 0.146 e. The van der Waals surface area contributed by atoms with Crippen LogP contribution >= 0.6 is 0 Å². The van der Waals surface area contributed by atoms with Gasteiger partial charge in [-0.15, -0.1) is 0 Å². The van der Waals surface area contributed by atoms with Crippen LogP contribution in [0.15, 0.2) is 18.2 Å². The lowest BCUT2D eigenvalue weighted by Gasteiger charge is -2.22. The molecule has 4 unspecified atom stereocenters. The van der Waals surface area contributed by atoms with Crippen LogP contribution in [0.4, 0.5) is 5.69 Å². The number of fused-ring (bicyclic) bond motifs is 6. The average molecular weight is 270 g/mol. The quantitative estimate of drug-likeness (QED) is 0.886. The van der Waals surface area contributed by atoms with Crippen molar-refractivity contribution < 1.29 is 4.74 Å². The van der Waals surface area contributed by atoms with Gasteiger partial charge in [0.2, 0.25) is 0 Å². The van der Waals surface area contributed by atoms with Crippen LogP contribution in [0, 0.1) is 23.7 Å². The first-order valence-corrected chi connectivity index (χ1v) is 8.14. The zero-order valence-electron chi connectivity index (χ0n) is 11.8. The number of anilines is 1. The highest BCUT2D eigenvalue weighted by atomic mass is 16.5. The van der Waals surface area contributed by atoms with E-state index >= 15 is 0 Å². The molecule has 106 valence electrons. The molecule has 1 heterocycles. The maximum atomic E-state index is 5.85. The zero-order chi connectivity index (χ0) is 13.1. The lowest BCUT2D eigenvalue weighted by Crippen LogP contribution is -2.24. The predicted octanol–water partition coefficient (Wildman–Crippen LogP) is 2.63. The highest BCUT2D eigenvalue weighted by molar-refractivity contribution is 5.61. The summed E-state index contributed by atoms with van der Waals surface area (Å²) in [5.74, 6) is 5.18. The van der Waals surface area contributed by atoms with Crippen LogP contribution in [0.25, 0.3) is 0 Å². The van der Waals surface area contributed by atoms with Gasteiger partial charge in [0.1, 0.15) is 12.4 Å². The topological polar surface area (TPSA) is 33.3 Å². The van der Waals surface area contributed by atoms with Gasteiger partial charge < -0.3 is 15.4 Å². The van der Waals surface area contributed by atoms with E-state index in [1.54, 1.807) is 0 Å². The molecule has 0 aromatic heterocycles. The first kappa shape index (κ1) is 11.4. The molecule has 3 saturated carbocycles. The first-order chi connectivity index (χ1) is 9.92. The van der Waals surface area contributed by atoms with Crippen LogP contribution in [0.3, 0.4) is 0 Å². The van der Waals surface area contributed by atoms with Crippen molar-refractivity contribution in [3.63, 3.8) is 0 Å². The van der Waals surface area contributed by atoms with Gasteiger partial charge in [0.05, 0.1) is 5.69 Å². The molecular formula is C17H22N2O. The second-order valence-corrected chi connectivity index (χ2v) is 6.96. The summed E-state index contributed by atoms with van der Waals surface area (Å²) in [6.07, 6.45) is 4.52. The van der Waals surface area contributed by atoms with Gasteiger partial charge in [0, 0.05) is 24.7 Å². The van der Waals surface area contributed by atoms with Crippen LogP contribution in [-0.2, 0) is 6.54 Å². The van der Waals surface area contributed by atoms with Crippen molar-refractivity contribution in [1.82, 2.24) is 5.32 Å². The zero-order valence-corrected chi connectivity index (χ0v) is 11.8. The van der Waals surface area contributed by atoms with Gasteiger partial charge >= 0.3 is 0 Å². The molecule has 0 saturated heterocycles. The van der Waals surface area contributed by atoms with Gasteiger partial charge in [-0.3, -0.25) is 0 Å². The Morgan fingerprint density at radius 3 is 2.90 bits per heavy atom. The SMILES string of the molecule is c1cc(CNC2C3C4CCC(C4)C23)c2c(c1)NCCO2. The van der Waals surface area contributed by atoms with E-state index in [1.807, 2.05) is 0 Å². The van der Waals surface area contributed by atoms with E-state index < -0.39 is 0 Å². The molecular weight excluding hydrogens is 248 g/mol. The van der Waals surface area contributed by atoms with Crippen molar-refractivity contribution in [1.29, 1.82) is 0 Å². The fourth-order valence-electron chi connectivity index (χ4n) is 5.20. The van der Waals surface area contributed by atoms with Gasteiger partial charge in [-0.25, -0.2) is 0 Å². The number of nitrogens with one attached hydrogen (secondary N) is 2. The first-order valence-electron chi connectivity index (χ1n) is 8.14. The van der Waals surface area contributed by atoms with Crippen molar-refractivity contribution in [2.24, 2.45) is 23.7 Å². The third-order valence-corrected chi connectivity index (χ3v) is 6.02. The molecule has 2 bridgehead atoms. The largest absolute Gasteiger partial charge is 0.489 e. The fourth-order valence-corrected chi connectivity index (χ4v) is 5.20. The summed E-state index contributed by atoms with van der Waals surface area (Å²) in [5.41, 5.74) is 2.47. The minimum absolute atomic E-state index is 0.781. The molecule has 3 aliphatic carbocycles. The molecule has 4 atom stereocenters. The second-order valence-electron chi connectivity index (χ2n) is 6.96. The van der Waals surface area contributed by atoms with Gasteiger partial charge in [0.15, 0.2) is 0 Å². The molecule has 0 amide bonds. The van der Waals surface area contributed by atoms with E-state index in [0.717, 1.165) is 60.8 Å². The maximum absolute atomic E-state index is 5.85. The van der Waals surface area contributed by atoms with Gasteiger partial charge in [0.25, 0.3) is 0 Å². The number of para-hydroxylation sites is 1. The molecule has 1 aromatic rings. The van der Waals surface area contributed by atoms with Crippen LogP contribution < -0.4 is 15.4 Å². The standard InChI is InChI=1S/C17H22N2O/c1-2-12(17-13(3-1)18-6-7-20-17)9-19-16-14-10-4-5-11(8-10)15(14)16/h1-3,10-11,14-16,18-19H,4-9H2. The minimum atomic E-state index is 0.781. The van der Waals surface area contributed by atoms with E-state index in [-0.39, 0.29) is 0 Å². The van der Waals surface area contributed by atoms with Crippen LogP contribution in [0.1, 0.15) is 24.8 Å². The predicted molar refractivity (Wildman–Crippen MR) is 78.9 cm³/mol. The molecule has 1 aromatic carbocycles. The fraction of sp³-hybridized carbons (Fsp3) is 0.647. The summed E-state index contributed by atoms with van der Waals surface area (Å²) in [4.78, 5) is 0. The Labute approximate surface area is 120 Å². The lowest BCUT2D eigenvalue weighted by atomic mass is 10.0. The summed E-state index contributed by atoms with van der Waals surface area (Å²) in [6.45, 7) is 2.66. The maximum Gasteiger partial charge on any atom is 0.146 e. The average Bonchev–Trinajstić information content (AvgIpc) is 2.88. The van der Waals surface area contributed by atoms with Gasteiger partial charge in [-0.1, -0.05) is 12.1 Å². The van der Waals surface area contributed by atoms with Crippen LogP contribution in [-0.4, -0.2) is 19.2 Å². The van der Waals surface area contributed by atoms with Crippen LogP contribution in [0.2, 0.25) is 0 Å². The lowest BCUT2D eigenvalue weighted by molar-refractivity contribution is 0.318. The highest BCUT2D eigenvalue weighted by Gasteiger charge is 2.64. The Bertz CT molecular complexity index is 528. The Kier molecular flexibility index (Phi) is 2.37. The van der Waals surface area contributed by atoms with Gasteiger partial charge in [-0.2, -0.15) is 0 Å². The molecule has 2 N–H and O–H groups in total. The summed E-state index contributed by atoms with van der Waals surface area (Å²) < 4.78 is 5.85. The monoisotopic (exact) mass is 270 g/mol. The third-order valence-electron chi connectivity index (χ3n) is 6.02. The molecule has 3 fully saturated rings. The number of rotatable bonds is 3. The van der Waals surface area contributed by atoms with E-state index in [4.69, 9.17) is 4.74 Å². The Morgan fingerprint density at radius 1 is 1.20 bits per heavy atom. The normalized spacial score (nSPS) is 39.7. The van der Waals surface area contributed by atoms with E-state index in [1.165, 1.54) is 24.8 Å². The highest BCUT2D eigenvalue weighted by Crippen LogP contribution is 2.65. The Morgan fingerprint density at radius 2 is 2.05 bits per heavy atom. The van der Waals surface area contributed by atoms with Crippen molar-refractivity contribution in [2.45, 2.75) is 31.8 Å². The van der Waals surface area contributed by atoms with Crippen molar-refractivity contribution in [2.75, 3.05) is 18.5 Å². The molecule has 1 aliphatic heterocycles. The summed E-state index contributed by atoms with van der Waals surface area (Å²) in [7, 11) is 0. The molecule has 0 radical (unpaired) electrons. The van der Waals surface area contributed by atoms with E-state index in [2.05, 4.69) is 28.8 Å². The Balaban J connectivity index is 1.29. The minimum Gasteiger partial charge on any atom is -0.489 e. The number of hydrogen-bond donors (Lipinski definition) is 2. The third kappa shape index (κ3) is 1.56. The van der Waals surface area contributed by atoms with E-state index in [9.17, 15) is 0 Å². The summed E-state index contributed by atoms with van der Waals surface area (Å²) >= 11 is 0. The molecule has 3 nitrogen and oxygen atoms in total. The summed E-state index contributed by atoms with van der Waals surface area (Å²) in [6, 6.07) is 7.25. The number of benzene rings is 1. The van der Waals surface area contributed by atoms with Crippen molar-refractivity contribution in [3.8, 4) is 5.75 Å². The molecule has 0 spiro atoms. The molecule has 4 aliphatic rings. The molecule has 5 rings (SSSR count). The Hall–Kier alpha value is -1.22. The second kappa shape index (κ2) is 4.14.